The van der Waals surface area contributed by atoms with E-state index in [-0.39, 0.29) is 6.01 Å². The van der Waals surface area contributed by atoms with Crippen molar-refractivity contribution in [2.45, 2.75) is 0 Å². The number of benzene rings is 1. The maximum atomic E-state index is 5.31. The lowest BCUT2D eigenvalue weighted by atomic mass is 10.1. The number of methoxy groups -OCH3 is 3. The van der Waals surface area contributed by atoms with Crippen LogP contribution in [-0.4, -0.2) is 31.3 Å². The summed E-state index contributed by atoms with van der Waals surface area (Å²) in [5, 5.41) is 0. The number of ether oxygens (including phenoxy) is 3. The van der Waals surface area contributed by atoms with Gasteiger partial charge < -0.3 is 14.2 Å². The Morgan fingerprint density at radius 2 is 1.67 bits per heavy atom. The normalized spacial score (nSPS) is 9.94. The van der Waals surface area contributed by atoms with E-state index in [4.69, 9.17) is 14.2 Å². The molecule has 2 aromatic rings. The summed E-state index contributed by atoms with van der Waals surface area (Å²) in [6.45, 7) is 0. The van der Waals surface area contributed by atoms with E-state index < -0.39 is 0 Å². The highest BCUT2D eigenvalue weighted by atomic mass is 16.5. The third-order valence-corrected chi connectivity index (χ3v) is 2.50. The van der Waals surface area contributed by atoms with E-state index in [1.165, 1.54) is 7.11 Å². The zero-order valence-electron chi connectivity index (χ0n) is 10.5. The molecule has 0 fully saturated rings. The summed E-state index contributed by atoms with van der Waals surface area (Å²) in [4.78, 5) is 8.24. The molecule has 18 heavy (non-hydrogen) atoms. The van der Waals surface area contributed by atoms with Crippen molar-refractivity contribution in [3.8, 4) is 28.8 Å². The van der Waals surface area contributed by atoms with Gasteiger partial charge in [-0.1, -0.05) is 18.2 Å². The van der Waals surface area contributed by atoms with Crippen LogP contribution in [0.1, 0.15) is 0 Å². The van der Waals surface area contributed by atoms with Crippen molar-refractivity contribution >= 4 is 0 Å². The van der Waals surface area contributed by atoms with Gasteiger partial charge in [-0.25, -0.2) is 4.98 Å². The largest absolute Gasteiger partial charge is 0.496 e. The van der Waals surface area contributed by atoms with Crippen molar-refractivity contribution in [1.29, 1.82) is 0 Å². The Morgan fingerprint density at radius 3 is 2.33 bits per heavy atom. The first-order valence-corrected chi connectivity index (χ1v) is 5.38. The van der Waals surface area contributed by atoms with Crippen LogP contribution in [0.4, 0.5) is 0 Å². The van der Waals surface area contributed by atoms with Gasteiger partial charge in [-0.2, -0.15) is 4.98 Å². The van der Waals surface area contributed by atoms with E-state index in [0.29, 0.717) is 5.88 Å². The maximum absolute atomic E-state index is 5.31. The molecule has 0 saturated carbocycles. The molecule has 0 amide bonds. The molecule has 0 N–H and O–H groups in total. The van der Waals surface area contributed by atoms with Crippen LogP contribution < -0.4 is 14.2 Å². The van der Waals surface area contributed by atoms with Crippen molar-refractivity contribution in [3.63, 3.8) is 0 Å². The summed E-state index contributed by atoms with van der Waals surface area (Å²) >= 11 is 0. The number of hydrogen-bond acceptors (Lipinski definition) is 5. The first kappa shape index (κ1) is 12.2. The molecule has 0 spiro atoms. The van der Waals surface area contributed by atoms with Crippen LogP contribution >= 0.6 is 0 Å². The van der Waals surface area contributed by atoms with Crippen molar-refractivity contribution in [2.75, 3.05) is 21.3 Å². The molecule has 5 nitrogen and oxygen atoms in total. The van der Waals surface area contributed by atoms with E-state index in [1.807, 2.05) is 24.3 Å². The highest BCUT2D eigenvalue weighted by Gasteiger charge is 2.13. The molecule has 0 bridgehead atoms. The molecule has 0 radical (unpaired) electrons. The summed E-state index contributed by atoms with van der Waals surface area (Å²) in [6, 6.07) is 7.89. The molecule has 1 aromatic carbocycles. The van der Waals surface area contributed by atoms with E-state index in [1.54, 1.807) is 20.4 Å². The molecule has 2 rings (SSSR count). The minimum absolute atomic E-state index is 0.269. The van der Waals surface area contributed by atoms with Crippen LogP contribution in [0, 0.1) is 0 Å². The zero-order valence-corrected chi connectivity index (χ0v) is 10.5. The van der Waals surface area contributed by atoms with Crippen LogP contribution in [0.25, 0.3) is 11.1 Å². The Bertz CT molecular complexity index is 544. The van der Waals surface area contributed by atoms with Crippen LogP contribution in [0.5, 0.6) is 17.6 Å². The Morgan fingerprint density at radius 1 is 0.889 bits per heavy atom. The summed E-state index contributed by atoms with van der Waals surface area (Å²) in [5.74, 6) is 1.19. The second-order valence-electron chi connectivity index (χ2n) is 3.48. The number of rotatable bonds is 4. The van der Waals surface area contributed by atoms with Crippen molar-refractivity contribution < 1.29 is 14.2 Å². The molecule has 94 valence electrons. The van der Waals surface area contributed by atoms with Gasteiger partial charge in [0.1, 0.15) is 5.75 Å². The number of hydrogen-bond donors (Lipinski definition) is 0. The zero-order chi connectivity index (χ0) is 13.0. The van der Waals surface area contributed by atoms with Gasteiger partial charge in [-0.05, 0) is 6.07 Å². The van der Waals surface area contributed by atoms with Gasteiger partial charge in [-0.3, -0.25) is 0 Å². The lowest BCUT2D eigenvalue weighted by molar-refractivity contribution is 0.353. The van der Waals surface area contributed by atoms with Gasteiger partial charge in [0.05, 0.1) is 26.9 Å². The van der Waals surface area contributed by atoms with Crippen LogP contribution in [0.3, 0.4) is 0 Å². The van der Waals surface area contributed by atoms with Crippen molar-refractivity contribution in [3.05, 3.63) is 30.5 Å². The summed E-state index contributed by atoms with van der Waals surface area (Å²) in [6.07, 6.45) is 1.66. The molecule has 1 heterocycles. The number of nitrogens with zero attached hydrogens (tertiary/aromatic N) is 2. The average Bonchev–Trinajstić information content (AvgIpc) is 2.46. The van der Waals surface area contributed by atoms with Crippen molar-refractivity contribution in [1.82, 2.24) is 9.97 Å². The van der Waals surface area contributed by atoms with Gasteiger partial charge in [0, 0.05) is 11.8 Å². The summed E-state index contributed by atoms with van der Waals surface area (Å²) in [7, 11) is 4.69. The molecule has 5 heteroatoms. The summed E-state index contributed by atoms with van der Waals surface area (Å²) < 4.78 is 15.5. The molecular weight excluding hydrogens is 232 g/mol. The average molecular weight is 246 g/mol. The third kappa shape index (κ3) is 2.20. The monoisotopic (exact) mass is 246 g/mol. The standard InChI is InChI=1S/C13H14N2O3/c1-16-11-7-5-4-6-9(11)10-8-14-13(18-3)15-12(10)17-2/h4-8H,1-3H3. The third-order valence-electron chi connectivity index (χ3n) is 2.50. The Balaban J connectivity index is 2.56. The predicted octanol–water partition coefficient (Wildman–Crippen LogP) is 2.17. The highest BCUT2D eigenvalue weighted by Crippen LogP contribution is 2.35. The Labute approximate surface area is 105 Å². The van der Waals surface area contributed by atoms with E-state index in [2.05, 4.69) is 9.97 Å². The SMILES string of the molecule is COc1ncc(-c2ccccc2OC)c(OC)n1. The fourth-order valence-corrected chi connectivity index (χ4v) is 1.66. The summed E-state index contributed by atoms with van der Waals surface area (Å²) in [5.41, 5.74) is 1.63. The lowest BCUT2D eigenvalue weighted by Crippen LogP contribution is -1.98. The predicted molar refractivity (Wildman–Crippen MR) is 67.1 cm³/mol. The highest BCUT2D eigenvalue weighted by molar-refractivity contribution is 5.73. The number of aromatic nitrogens is 2. The van der Waals surface area contributed by atoms with Crippen LogP contribution in [0.15, 0.2) is 30.5 Å². The first-order chi connectivity index (χ1) is 8.80. The van der Waals surface area contributed by atoms with E-state index in [0.717, 1.165) is 16.9 Å². The fourth-order valence-electron chi connectivity index (χ4n) is 1.66. The smallest absolute Gasteiger partial charge is 0.319 e. The molecule has 0 saturated heterocycles. The van der Waals surface area contributed by atoms with Crippen LogP contribution in [-0.2, 0) is 0 Å². The fraction of sp³-hybridized carbons (Fsp3) is 0.231. The minimum Gasteiger partial charge on any atom is -0.496 e. The van der Waals surface area contributed by atoms with Crippen LogP contribution in [0.2, 0.25) is 0 Å². The molecule has 1 aromatic heterocycles. The van der Waals surface area contributed by atoms with Gasteiger partial charge in [0.2, 0.25) is 5.88 Å². The van der Waals surface area contributed by atoms with E-state index in [9.17, 15) is 0 Å². The topological polar surface area (TPSA) is 53.5 Å². The molecule has 0 aliphatic rings. The Hall–Kier alpha value is -2.30. The molecule has 0 unspecified atom stereocenters. The van der Waals surface area contributed by atoms with E-state index >= 15 is 0 Å². The molecule has 0 aliphatic heterocycles. The first-order valence-electron chi connectivity index (χ1n) is 5.38. The van der Waals surface area contributed by atoms with Gasteiger partial charge in [0.25, 0.3) is 0 Å². The second kappa shape index (κ2) is 5.35. The molecule has 0 aliphatic carbocycles. The quantitative estimate of drug-likeness (QED) is 0.827. The van der Waals surface area contributed by atoms with Gasteiger partial charge in [-0.15, -0.1) is 0 Å². The molecular formula is C13H14N2O3. The molecule has 0 atom stereocenters. The Kier molecular flexibility index (Phi) is 3.62. The number of para-hydroxylation sites is 1. The van der Waals surface area contributed by atoms with Crippen molar-refractivity contribution in [2.24, 2.45) is 0 Å². The minimum atomic E-state index is 0.269. The lowest BCUT2D eigenvalue weighted by Gasteiger charge is -2.11. The maximum Gasteiger partial charge on any atom is 0.319 e. The second-order valence-corrected chi connectivity index (χ2v) is 3.48. The van der Waals surface area contributed by atoms with Gasteiger partial charge in [0.15, 0.2) is 0 Å². The van der Waals surface area contributed by atoms with Gasteiger partial charge >= 0.3 is 6.01 Å².